The molecule has 3 fully saturated rings. The third-order valence-corrected chi connectivity index (χ3v) is 4.66. The zero-order valence-electron chi connectivity index (χ0n) is 10.5. The predicted octanol–water partition coefficient (Wildman–Crippen LogP) is 0.196. The SMILES string of the molecule is O=C(CN1CCNCC1)NC1CC2CCC1C2. The Hall–Kier alpha value is -0.610. The Labute approximate surface area is 103 Å². The van der Waals surface area contributed by atoms with Crippen molar-refractivity contribution in [3.8, 4) is 0 Å². The zero-order valence-corrected chi connectivity index (χ0v) is 10.5. The lowest BCUT2D eigenvalue weighted by Gasteiger charge is -2.28. The predicted molar refractivity (Wildman–Crippen MR) is 66.7 cm³/mol. The monoisotopic (exact) mass is 237 g/mol. The first kappa shape index (κ1) is 11.5. The van der Waals surface area contributed by atoms with Crippen molar-refractivity contribution in [3.05, 3.63) is 0 Å². The van der Waals surface area contributed by atoms with Crippen molar-refractivity contribution in [3.63, 3.8) is 0 Å². The number of hydrogen-bond donors (Lipinski definition) is 2. The molecule has 96 valence electrons. The summed E-state index contributed by atoms with van der Waals surface area (Å²) in [4.78, 5) is 14.2. The number of nitrogens with zero attached hydrogens (tertiary/aromatic N) is 1. The van der Waals surface area contributed by atoms with Gasteiger partial charge in [-0.05, 0) is 31.1 Å². The van der Waals surface area contributed by atoms with Gasteiger partial charge in [0.25, 0.3) is 0 Å². The number of carbonyl (C=O) groups excluding carboxylic acids is 1. The molecule has 0 radical (unpaired) electrons. The van der Waals surface area contributed by atoms with Gasteiger partial charge in [0.15, 0.2) is 0 Å². The van der Waals surface area contributed by atoms with E-state index in [1.54, 1.807) is 0 Å². The molecule has 1 aliphatic heterocycles. The van der Waals surface area contributed by atoms with Gasteiger partial charge in [0.05, 0.1) is 6.54 Å². The van der Waals surface area contributed by atoms with Crippen LogP contribution >= 0.6 is 0 Å². The molecule has 1 heterocycles. The molecule has 0 spiro atoms. The van der Waals surface area contributed by atoms with Crippen LogP contribution < -0.4 is 10.6 Å². The largest absolute Gasteiger partial charge is 0.352 e. The van der Waals surface area contributed by atoms with Crippen LogP contribution in [0.5, 0.6) is 0 Å². The van der Waals surface area contributed by atoms with Crippen LogP contribution in [0.1, 0.15) is 25.7 Å². The Morgan fingerprint density at radius 2 is 2.06 bits per heavy atom. The topological polar surface area (TPSA) is 44.4 Å². The van der Waals surface area contributed by atoms with Crippen LogP contribution in [0.15, 0.2) is 0 Å². The normalized spacial score (nSPS) is 37.3. The first-order chi connectivity index (χ1) is 8.31. The number of rotatable bonds is 3. The average molecular weight is 237 g/mol. The van der Waals surface area contributed by atoms with Crippen LogP contribution in [0.3, 0.4) is 0 Å². The van der Waals surface area contributed by atoms with Gasteiger partial charge < -0.3 is 10.6 Å². The van der Waals surface area contributed by atoms with Crippen LogP contribution in [0.4, 0.5) is 0 Å². The van der Waals surface area contributed by atoms with Crippen LogP contribution in [0.2, 0.25) is 0 Å². The Morgan fingerprint density at radius 1 is 1.24 bits per heavy atom. The number of amides is 1. The van der Waals surface area contributed by atoms with Gasteiger partial charge >= 0.3 is 0 Å². The maximum atomic E-state index is 12.0. The van der Waals surface area contributed by atoms with Crippen LogP contribution in [-0.4, -0.2) is 49.6 Å². The van der Waals surface area contributed by atoms with E-state index in [4.69, 9.17) is 0 Å². The van der Waals surface area contributed by atoms with Gasteiger partial charge in [-0.3, -0.25) is 9.69 Å². The highest BCUT2D eigenvalue weighted by Crippen LogP contribution is 2.44. The Kier molecular flexibility index (Phi) is 3.34. The van der Waals surface area contributed by atoms with Crippen LogP contribution in [0.25, 0.3) is 0 Å². The molecule has 1 saturated heterocycles. The second-order valence-corrected chi connectivity index (χ2v) is 5.88. The standard InChI is InChI=1S/C13H23N3O/c17-13(9-16-5-3-14-4-6-16)15-12-8-10-1-2-11(12)7-10/h10-12,14H,1-9H2,(H,15,17). The van der Waals surface area contributed by atoms with E-state index < -0.39 is 0 Å². The van der Waals surface area contributed by atoms with E-state index in [0.29, 0.717) is 12.6 Å². The van der Waals surface area contributed by atoms with E-state index in [9.17, 15) is 4.79 Å². The highest BCUT2D eigenvalue weighted by Gasteiger charge is 2.40. The Bertz CT molecular complexity index is 288. The molecule has 3 aliphatic rings. The van der Waals surface area contributed by atoms with E-state index in [1.807, 2.05) is 0 Å². The minimum absolute atomic E-state index is 0.240. The average Bonchev–Trinajstić information content (AvgIpc) is 2.92. The molecular weight excluding hydrogens is 214 g/mol. The number of piperazine rings is 1. The molecule has 2 aliphatic carbocycles. The number of fused-ring (bicyclic) bond motifs is 2. The van der Waals surface area contributed by atoms with E-state index >= 15 is 0 Å². The summed E-state index contributed by atoms with van der Waals surface area (Å²) in [6.07, 6.45) is 5.33. The van der Waals surface area contributed by atoms with Gasteiger partial charge in [-0.25, -0.2) is 0 Å². The lowest BCUT2D eigenvalue weighted by molar-refractivity contribution is -0.123. The molecule has 3 atom stereocenters. The molecule has 3 unspecified atom stereocenters. The van der Waals surface area contributed by atoms with E-state index in [-0.39, 0.29) is 5.91 Å². The van der Waals surface area contributed by atoms with Crippen molar-refractivity contribution in [2.24, 2.45) is 11.8 Å². The highest BCUT2D eigenvalue weighted by atomic mass is 16.2. The fourth-order valence-electron chi connectivity index (χ4n) is 3.75. The molecular formula is C13H23N3O. The molecule has 4 nitrogen and oxygen atoms in total. The fraction of sp³-hybridized carbons (Fsp3) is 0.923. The van der Waals surface area contributed by atoms with Crippen molar-refractivity contribution in [2.45, 2.75) is 31.7 Å². The van der Waals surface area contributed by atoms with Crippen molar-refractivity contribution >= 4 is 5.91 Å². The summed E-state index contributed by atoms with van der Waals surface area (Å²) in [7, 11) is 0. The minimum atomic E-state index is 0.240. The molecule has 2 N–H and O–H groups in total. The molecule has 4 heteroatoms. The van der Waals surface area contributed by atoms with Gasteiger partial charge in [0.2, 0.25) is 5.91 Å². The molecule has 1 amide bonds. The molecule has 0 aromatic heterocycles. The second kappa shape index (κ2) is 4.94. The maximum absolute atomic E-state index is 12.0. The zero-order chi connectivity index (χ0) is 11.7. The number of nitrogens with one attached hydrogen (secondary N) is 2. The smallest absolute Gasteiger partial charge is 0.234 e. The fourth-order valence-corrected chi connectivity index (χ4v) is 3.75. The lowest BCUT2D eigenvalue weighted by Crippen LogP contribution is -2.49. The van der Waals surface area contributed by atoms with Crippen molar-refractivity contribution in [2.75, 3.05) is 32.7 Å². The summed E-state index contributed by atoms with van der Waals surface area (Å²) < 4.78 is 0. The summed E-state index contributed by atoms with van der Waals surface area (Å²) in [5.74, 6) is 1.93. The van der Waals surface area contributed by atoms with Crippen LogP contribution in [-0.2, 0) is 4.79 Å². The minimum Gasteiger partial charge on any atom is -0.352 e. The first-order valence-electron chi connectivity index (χ1n) is 7.03. The summed E-state index contributed by atoms with van der Waals surface area (Å²) in [6, 6.07) is 0.490. The molecule has 2 bridgehead atoms. The van der Waals surface area contributed by atoms with Crippen molar-refractivity contribution in [1.29, 1.82) is 0 Å². The lowest BCUT2D eigenvalue weighted by atomic mass is 9.95. The summed E-state index contributed by atoms with van der Waals surface area (Å²) in [6.45, 7) is 4.63. The molecule has 3 rings (SSSR count). The van der Waals surface area contributed by atoms with Crippen molar-refractivity contribution in [1.82, 2.24) is 15.5 Å². The molecule has 17 heavy (non-hydrogen) atoms. The van der Waals surface area contributed by atoms with Gasteiger partial charge in [0, 0.05) is 32.2 Å². The van der Waals surface area contributed by atoms with Gasteiger partial charge in [-0.15, -0.1) is 0 Å². The van der Waals surface area contributed by atoms with Crippen molar-refractivity contribution < 1.29 is 4.79 Å². The van der Waals surface area contributed by atoms with Gasteiger partial charge in [-0.2, -0.15) is 0 Å². The van der Waals surface area contributed by atoms with E-state index in [2.05, 4.69) is 15.5 Å². The highest BCUT2D eigenvalue weighted by molar-refractivity contribution is 5.78. The first-order valence-corrected chi connectivity index (χ1v) is 7.03. The Morgan fingerprint density at radius 3 is 2.71 bits per heavy atom. The maximum Gasteiger partial charge on any atom is 0.234 e. The van der Waals surface area contributed by atoms with E-state index in [0.717, 1.165) is 38.0 Å². The Balaban J connectivity index is 1.44. The molecule has 0 aromatic rings. The second-order valence-electron chi connectivity index (χ2n) is 5.88. The number of carbonyl (C=O) groups is 1. The van der Waals surface area contributed by atoms with E-state index in [1.165, 1.54) is 25.7 Å². The number of hydrogen-bond acceptors (Lipinski definition) is 3. The summed E-state index contributed by atoms with van der Waals surface area (Å²) in [5.41, 5.74) is 0. The third-order valence-electron chi connectivity index (χ3n) is 4.66. The third kappa shape index (κ3) is 2.63. The summed E-state index contributed by atoms with van der Waals surface area (Å²) in [5, 5.41) is 6.57. The summed E-state index contributed by atoms with van der Waals surface area (Å²) >= 11 is 0. The molecule has 2 saturated carbocycles. The van der Waals surface area contributed by atoms with Crippen LogP contribution in [0, 0.1) is 11.8 Å². The quantitative estimate of drug-likeness (QED) is 0.737. The van der Waals surface area contributed by atoms with Gasteiger partial charge in [0.1, 0.15) is 0 Å². The molecule has 0 aromatic carbocycles. The van der Waals surface area contributed by atoms with Gasteiger partial charge in [-0.1, -0.05) is 6.42 Å².